The van der Waals surface area contributed by atoms with E-state index in [1.807, 2.05) is 38.2 Å². The van der Waals surface area contributed by atoms with Crippen molar-refractivity contribution in [3.05, 3.63) is 18.7 Å². The lowest BCUT2D eigenvalue weighted by molar-refractivity contribution is 0.00415. The standard InChI is InChI=1S/C15H25N3O2/c1-14(2,3)20-13(19)18-8-5-6-15(4,11-18)10-17-9-7-16-12-17/h7,9,12H,5-6,8,10-11H2,1-4H3. The van der Waals surface area contributed by atoms with E-state index in [1.165, 1.54) is 0 Å². The first-order valence-electron chi connectivity index (χ1n) is 7.21. The Morgan fingerprint density at radius 2 is 2.20 bits per heavy atom. The van der Waals surface area contributed by atoms with Crippen molar-refractivity contribution < 1.29 is 9.53 Å². The molecule has 0 bridgehead atoms. The number of hydrogen-bond donors (Lipinski definition) is 0. The molecular formula is C15H25N3O2. The molecule has 0 saturated carbocycles. The number of carbonyl (C=O) groups is 1. The van der Waals surface area contributed by atoms with Gasteiger partial charge in [-0.2, -0.15) is 0 Å². The smallest absolute Gasteiger partial charge is 0.410 e. The van der Waals surface area contributed by atoms with Crippen LogP contribution in [-0.2, 0) is 11.3 Å². The Bertz CT molecular complexity index is 450. The summed E-state index contributed by atoms with van der Waals surface area (Å²) in [6.45, 7) is 10.3. The predicted molar refractivity (Wildman–Crippen MR) is 77.4 cm³/mol. The fraction of sp³-hybridized carbons (Fsp3) is 0.733. The molecule has 1 aromatic rings. The molecule has 1 atom stereocenters. The molecule has 112 valence electrons. The Hall–Kier alpha value is -1.52. The second-order valence-electron chi connectivity index (χ2n) is 7.05. The molecule has 5 heteroatoms. The Balaban J connectivity index is 1.98. The van der Waals surface area contributed by atoms with Gasteiger partial charge in [-0.15, -0.1) is 0 Å². The summed E-state index contributed by atoms with van der Waals surface area (Å²) in [6.07, 6.45) is 7.52. The average Bonchev–Trinajstić information content (AvgIpc) is 2.78. The Morgan fingerprint density at radius 3 is 2.80 bits per heavy atom. The van der Waals surface area contributed by atoms with E-state index in [0.717, 1.165) is 32.5 Å². The zero-order chi connectivity index (χ0) is 14.8. The van der Waals surface area contributed by atoms with Gasteiger partial charge in [-0.1, -0.05) is 6.92 Å². The fourth-order valence-corrected chi connectivity index (χ4v) is 2.75. The summed E-state index contributed by atoms with van der Waals surface area (Å²) < 4.78 is 7.56. The minimum atomic E-state index is -0.435. The number of carbonyl (C=O) groups excluding carboxylic acids is 1. The van der Waals surface area contributed by atoms with E-state index >= 15 is 0 Å². The molecule has 5 nitrogen and oxygen atoms in total. The van der Waals surface area contributed by atoms with E-state index in [0.29, 0.717) is 0 Å². The number of ether oxygens (including phenoxy) is 1. The zero-order valence-corrected chi connectivity index (χ0v) is 12.9. The van der Waals surface area contributed by atoms with Gasteiger partial charge in [0.1, 0.15) is 5.60 Å². The lowest BCUT2D eigenvalue weighted by Gasteiger charge is -2.40. The van der Waals surface area contributed by atoms with Gasteiger partial charge in [0, 0.05) is 37.4 Å². The third-order valence-corrected chi connectivity index (χ3v) is 3.56. The number of imidazole rings is 1. The molecule has 2 rings (SSSR count). The number of rotatable bonds is 2. The minimum Gasteiger partial charge on any atom is -0.444 e. The van der Waals surface area contributed by atoms with Crippen LogP contribution < -0.4 is 0 Å². The largest absolute Gasteiger partial charge is 0.444 e. The highest BCUT2D eigenvalue weighted by Crippen LogP contribution is 2.31. The van der Waals surface area contributed by atoms with E-state index in [2.05, 4.69) is 16.5 Å². The molecule has 0 spiro atoms. The van der Waals surface area contributed by atoms with E-state index in [-0.39, 0.29) is 11.5 Å². The van der Waals surface area contributed by atoms with Gasteiger partial charge in [0.15, 0.2) is 0 Å². The molecule has 20 heavy (non-hydrogen) atoms. The molecule has 1 aliphatic rings. The van der Waals surface area contributed by atoms with E-state index in [1.54, 1.807) is 6.20 Å². The molecule has 1 aliphatic heterocycles. The zero-order valence-electron chi connectivity index (χ0n) is 12.9. The quantitative estimate of drug-likeness (QED) is 0.836. The maximum Gasteiger partial charge on any atom is 0.410 e. The van der Waals surface area contributed by atoms with Crippen LogP contribution in [0, 0.1) is 5.41 Å². The van der Waals surface area contributed by atoms with E-state index in [9.17, 15) is 4.79 Å². The topological polar surface area (TPSA) is 47.4 Å². The SMILES string of the molecule is CC1(Cn2ccnc2)CCCN(C(=O)OC(C)(C)C)C1. The fourth-order valence-electron chi connectivity index (χ4n) is 2.75. The van der Waals surface area contributed by atoms with Gasteiger partial charge >= 0.3 is 6.09 Å². The second-order valence-corrected chi connectivity index (χ2v) is 7.05. The summed E-state index contributed by atoms with van der Waals surface area (Å²) in [6, 6.07) is 0. The van der Waals surface area contributed by atoms with Crippen molar-refractivity contribution in [2.45, 2.75) is 52.7 Å². The van der Waals surface area contributed by atoms with Crippen molar-refractivity contribution in [1.82, 2.24) is 14.5 Å². The highest BCUT2D eigenvalue weighted by atomic mass is 16.6. The lowest BCUT2D eigenvalue weighted by atomic mass is 9.82. The maximum atomic E-state index is 12.2. The summed E-state index contributed by atoms with van der Waals surface area (Å²) in [4.78, 5) is 18.1. The number of likely N-dealkylation sites (tertiary alicyclic amines) is 1. The number of piperidine rings is 1. The van der Waals surface area contributed by atoms with Gasteiger partial charge in [0.05, 0.1) is 6.33 Å². The molecular weight excluding hydrogens is 254 g/mol. The van der Waals surface area contributed by atoms with Gasteiger partial charge in [0.25, 0.3) is 0 Å². The molecule has 0 N–H and O–H groups in total. The normalized spacial score (nSPS) is 23.7. The van der Waals surface area contributed by atoms with Crippen LogP contribution in [0.25, 0.3) is 0 Å². The van der Waals surface area contributed by atoms with Crippen LogP contribution in [0.15, 0.2) is 18.7 Å². The average molecular weight is 279 g/mol. The summed E-state index contributed by atoms with van der Waals surface area (Å²) >= 11 is 0. The van der Waals surface area contributed by atoms with Crippen LogP contribution in [0.2, 0.25) is 0 Å². The maximum absolute atomic E-state index is 12.2. The molecule has 1 aromatic heterocycles. The van der Waals surface area contributed by atoms with Crippen molar-refractivity contribution in [2.75, 3.05) is 13.1 Å². The Labute approximate surface area is 120 Å². The molecule has 0 aromatic carbocycles. The first kappa shape index (κ1) is 14.9. The monoisotopic (exact) mass is 279 g/mol. The first-order valence-corrected chi connectivity index (χ1v) is 7.21. The van der Waals surface area contributed by atoms with E-state index in [4.69, 9.17) is 4.74 Å². The molecule has 1 fully saturated rings. The van der Waals surface area contributed by atoms with Crippen molar-refractivity contribution >= 4 is 6.09 Å². The summed E-state index contributed by atoms with van der Waals surface area (Å²) in [5, 5.41) is 0. The lowest BCUT2D eigenvalue weighted by Crippen LogP contribution is -2.48. The van der Waals surface area contributed by atoms with Crippen molar-refractivity contribution in [1.29, 1.82) is 0 Å². The molecule has 2 heterocycles. The Kier molecular flexibility index (Phi) is 4.06. The minimum absolute atomic E-state index is 0.0792. The molecule has 1 unspecified atom stereocenters. The highest BCUT2D eigenvalue weighted by molar-refractivity contribution is 5.68. The highest BCUT2D eigenvalue weighted by Gasteiger charge is 2.35. The summed E-state index contributed by atoms with van der Waals surface area (Å²) in [5.74, 6) is 0. The number of aromatic nitrogens is 2. The summed E-state index contributed by atoms with van der Waals surface area (Å²) in [5.41, 5.74) is -0.356. The van der Waals surface area contributed by atoms with Crippen LogP contribution in [0.4, 0.5) is 4.79 Å². The van der Waals surface area contributed by atoms with Gasteiger partial charge in [-0.05, 0) is 33.6 Å². The van der Waals surface area contributed by atoms with Crippen molar-refractivity contribution in [3.63, 3.8) is 0 Å². The van der Waals surface area contributed by atoms with E-state index < -0.39 is 5.60 Å². The first-order chi connectivity index (χ1) is 9.27. The van der Waals surface area contributed by atoms with Gasteiger partial charge in [0.2, 0.25) is 0 Å². The van der Waals surface area contributed by atoms with Crippen molar-refractivity contribution in [3.8, 4) is 0 Å². The number of nitrogens with zero attached hydrogens (tertiary/aromatic N) is 3. The third kappa shape index (κ3) is 3.99. The summed E-state index contributed by atoms with van der Waals surface area (Å²) in [7, 11) is 0. The van der Waals surface area contributed by atoms with Gasteiger partial charge in [-0.25, -0.2) is 9.78 Å². The third-order valence-electron chi connectivity index (χ3n) is 3.56. The molecule has 0 aliphatic carbocycles. The predicted octanol–water partition coefficient (Wildman–Crippen LogP) is 2.92. The van der Waals surface area contributed by atoms with Gasteiger partial charge < -0.3 is 14.2 Å². The van der Waals surface area contributed by atoms with Crippen LogP contribution in [0.1, 0.15) is 40.5 Å². The number of hydrogen-bond acceptors (Lipinski definition) is 3. The van der Waals surface area contributed by atoms with Crippen LogP contribution in [-0.4, -0.2) is 39.2 Å². The number of amides is 1. The Morgan fingerprint density at radius 1 is 1.45 bits per heavy atom. The van der Waals surface area contributed by atoms with Crippen LogP contribution in [0.5, 0.6) is 0 Å². The van der Waals surface area contributed by atoms with Gasteiger partial charge in [-0.3, -0.25) is 0 Å². The van der Waals surface area contributed by atoms with Crippen LogP contribution in [0.3, 0.4) is 0 Å². The molecule has 0 radical (unpaired) electrons. The van der Waals surface area contributed by atoms with Crippen molar-refractivity contribution in [2.24, 2.45) is 5.41 Å². The second kappa shape index (κ2) is 5.46. The molecule has 1 saturated heterocycles. The molecule has 1 amide bonds. The van der Waals surface area contributed by atoms with Crippen LogP contribution >= 0.6 is 0 Å².